The number of carbonyl (C=O) groups is 2. The molecule has 1 fully saturated rings. The van der Waals surface area contributed by atoms with E-state index < -0.39 is 0 Å². The lowest BCUT2D eigenvalue weighted by molar-refractivity contribution is -0.123. The molecule has 2 aromatic rings. The summed E-state index contributed by atoms with van der Waals surface area (Å²) in [6.07, 6.45) is 0.763. The van der Waals surface area contributed by atoms with Gasteiger partial charge in [0.15, 0.2) is 6.61 Å². The summed E-state index contributed by atoms with van der Waals surface area (Å²) < 4.78 is 10.9. The van der Waals surface area contributed by atoms with Crippen molar-refractivity contribution in [3.63, 3.8) is 0 Å². The van der Waals surface area contributed by atoms with E-state index in [4.69, 9.17) is 9.47 Å². The number of para-hydroxylation sites is 1. The molecule has 0 aromatic heterocycles. The van der Waals surface area contributed by atoms with Crippen molar-refractivity contribution >= 4 is 11.8 Å². The van der Waals surface area contributed by atoms with Crippen LogP contribution in [-0.4, -0.2) is 56.2 Å². The summed E-state index contributed by atoms with van der Waals surface area (Å²) in [6, 6.07) is 17.0. The minimum Gasteiger partial charge on any atom is -0.483 e. The van der Waals surface area contributed by atoms with Gasteiger partial charge in [-0.1, -0.05) is 42.5 Å². The third kappa shape index (κ3) is 5.56. The van der Waals surface area contributed by atoms with Crippen LogP contribution in [0.15, 0.2) is 54.6 Å². The van der Waals surface area contributed by atoms with Crippen LogP contribution in [0.4, 0.5) is 0 Å². The van der Waals surface area contributed by atoms with Gasteiger partial charge in [0.1, 0.15) is 5.75 Å². The van der Waals surface area contributed by atoms with Crippen LogP contribution >= 0.6 is 0 Å². The number of ether oxygens (including phenoxy) is 2. The number of morpholine rings is 1. The summed E-state index contributed by atoms with van der Waals surface area (Å²) in [6.45, 7) is 2.63. The molecule has 27 heavy (non-hydrogen) atoms. The fraction of sp³-hybridized carbons (Fsp3) is 0.333. The fourth-order valence-corrected chi connectivity index (χ4v) is 2.89. The molecule has 0 aliphatic carbocycles. The third-order valence-electron chi connectivity index (χ3n) is 4.35. The van der Waals surface area contributed by atoms with Crippen LogP contribution in [0.2, 0.25) is 0 Å². The number of nitrogens with one attached hydrogen (secondary N) is 1. The highest BCUT2D eigenvalue weighted by Crippen LogP contribution is 2.20. The zero-order valence-corrected chi connectivity index (χ0v) is 15.2. The molecule has 1 aliphatic heterocycles. The highest BCUT2D eigenvalue weighted by Gasteiger charge is 2.21. The van der Waals surface area contributed by atoms with Crippen LogP contribution < -0.4 is 10.1 Å². The monoisotopic (exact) mass is 368 g/mol. The van der Waals surface area contributed by atoms with Crippen LogP contribution in [0, 0.1) is 0 Å². The lowest BCUT2D eigenvalue weighted by Gasteiger charge is -2.27. The molecule has 3 rings (SSSR count). The van der Waals surface area contributed by atoms with E-state index in [-0.39, 0.29) is 18.4 Å². The second kappa shape index (κ2) is 9.73. The number of hydrogen-bond donors (Lipinski definition) is 1. The Labute approximate surface area is 159 Å². The normalized spacial score (nSPS) is 13.9. The highest BCUT2D eigenvalue weighted by atomic mass is 16.5. The minimum absolute atomic E-state index is 0.0987. The van der Waals surface area contributed by atoms with E-state index in [9.17, 15) is 9.59 Å². The Kier molecular flexibility index (Phi) is 6.82. The third-order valence-corrected chi connectivity index (χ3v) is 4.35. The van der Waals surface area contributed by atoms with Gasteiger partial charge in [-0.2, -0.15) is 0 Å². The Morgan fingerprint density at radius 3 is 2.48 bits per heavy atom. The lowest BCUT2D eigenvalue weighted by Crippen LogP contribution is -2.40. The van der Waals surface area contributed by atoms with Crippen LogP contribution in [0.3, 0.4) is 0 Å². The van der Waals surface area contributed by atoms with Crippen molar-refractivity contribution in [3.8, 4) is 5.75 Å². The number of carbonyl (C=O) groups excluding carboxylic acids is 2. The fourth-order valence-electron chi connectivity index (χ4n) is 2.89. The van der Waals surface area contributed by atoms with Gasteiger partial charge in [0, 0.05) is 19.6 Å². The predicted molar refractivity (Wildman–Crippen MR) is 102 cm³/mol. The molecule has 6 heteroatoms. The van der Waals surface area contributed by atoms with Crippen molar-refractivity contribution in [1.82, 2.24) is 10.2 Å². The van der Waals surface area contributed by atoms with Gasteiger partial charge in [-0.05, 0) is 24.1 Å². The van der Waals surface area contributed by atoms with E-state index >= 15 is 0 Å². The molecule has 0 saturated carbocycles. The Balaban J connectivity index is 1.50. The smallest absolute Gasteiger partial charge is 0.257 e. The van der Waals surface area contributed by atoms with Crippen molar-refractivity contribution in [2.24, 2.45) is 0 Å². The van der Waals surface area contributed by atoms with Gasteiger partial charge in [-0.3, -0.25) is 9.59 Å². The number of benzene rings is 2. The summed E-state index contributed by atoms with van der Waals surface area (Å²) in [5.41, 5.74) is 1.64. The maximum absolute atomic E-state index is 12.7. The molecular formula is C21H24N2O4. The largest absolute Gasteiger partial charge is 0.483 e. The Morgan fingerprint density at radius 1 is 1.00 bits per heavy atom. The lowest BCUT2D eigenvalue weighted by atomic mass is 10.1. The molecular weight excluding hydrogens is 344 g/mol. The van der Waals surface area contributed by atoms with E-state index in [0.29, 0.717) is 44.2 Å². The van der Waals surface area contributed by atoms with Crippen molar-refractivity contribution in [2.45, 2.75) is 6.42 Å². The van der Waals surface area contributed by atoms with Gasteiger partial charge < -0.3 is 19.7 Å². The first kappa shape index (κ1) is 18.9. The topological polar surface area (TPSA) is 67.9 Å². The van der Waals surface area contributed by atoms with E-state index in [0.717, 1.165) is 6.42 Å². The van der Waals surface area contributed by atoms with E-state index in [1.807, 2.05) is 30.3 Å². The van der Waals surface area contributed by atoms with Gasteiger partial charge in [-0.15, -0.1) is 0 Å². The van der Waals surface area contributed by atoms with Crippen LogP contribution in [0.5, 0.6) is 5.75 Å². The summed E-state index contributed by atoms with van der Waals surface area (Å²) in [5.74, 6) is 0.116. The number of amides is 2. The molecule has 2 amide bonds. The number of hydrogen-bond acceptors (Lipinski definition) is 4. The van der Waals surface area contributed by atoms with Gasteiger partial charge in [0.2, 0.25) is 0 Å². The zero-order valence-electron chi connectivity index (χ0n) is 15.2. The molecule has 6 nitrogen and oxygen atoms in total. The molecule has 0 unspecified atom stereocenters. The SMILES string of the molecule is O=C(COc1ccccc1C(=O)N1CCOCC1)NCCc1ccccc1. The van der Waals surface area contributed by atoms with Gasteiger partial charge >= 0.3 is 0 Å². The minimum atomic E-state index is -0.209. The van der Waals surface area contributed by atoms with Crippen molar-refractivity contribution in [2.75, 3.05) is 39.5 Å². The first-order chi connectivity index (χ1) is 13.2. The number of rotatable bonds is 7. The summed E-state index contributed by atoms with van der Waals surface area (Å²) in [5, 5.41) is 2.84. The maximum atomic E-state index is 12.7. The maximum Gasteiger partial charge on any atom is 0.257 e. The van der Waals surface area contributed by atoms with Crippen LogP contribution in [0.25, 0.3) is 0 Å². The Morgan fingerprint density at radius 2 is 1.70 bits per heavy atom. The van der Waals surface area contributed by atoms with Crippen LogP contribution in [-0.2, 0) is 16.0 Å². The second-order valence-electron chi connectivity index (χ2n) is 6.27. The van der Waals surface area contributed by atoms with Gasteiger partial charge in [0.25, 0.3) is 11.8 Å². The molecule has 0 bridgehead atoms. The average Bonchev–Trinajstić information content (AvgIpc) is 2.73. The first-order valence-corrected chi connectivity index (χ1v) is 9.13. The summed E-state index contributed by atoms with van der Waals surface area (Å²) in [4.78, 5) is 26.5. The molecule has 1 aliphatic rings. The van der Waals surface area contributed by atoms with Crippen LogP contribution in [0.1, 0.15) is 15.9 Å². The number of nitrogens with zero attached hydrogens (tertiary/aromatic N) is 1. The quantitative estimate of drug-likeness (QED) is 0.811. The highest BCUT2D eigenvalue weighted by molar-refractivity contribution is 5.97. The second-order valence-corrected chi connectivity index (χ2v) is 6.27. The van der Waals surface area contributed by atoms with Crippen molar-refractivity contribution < 1.29 is 19.1 Å². The van der Waals surface area contributed by atoms with Gasteiger partial charge in [-0.25, -0.2) is 0 Å². The molecule has 1 N–H and O–H groups in total. The Bertz CT molecular complexity index is 758. The molecule has 1 heterocycles. The molecule has 142 valence electrons. The first-order valence-electron chi connectivity index (χ1n) is 9.13. The zero-order chi connectivity index (χ0) is 18.9. The average molecular weight is 368 g/mol. The summed E-state index contributed by atoms with van der Waals surface area (Å²) in [7, 11) is 0. The molecule has 0 atom stereocenters. The van der Waals surface area contributed by atoms with Crippen molar-refractivity contribution in [3.05, 3.63) is 65.7 Å². The molecule has 0 radical (unpaired) electrons. The van der Waals surface area contributed by atoms with E-state index in [1.54, 1.807) is 29.2 Å². The molecule has 0 spiro atoms. The predicted octanol–water partition coefficient (Wildman–Crippen LogP) is 1.90. The summed E-state index contributed by atoms with van der Waals surface area (Å²) >= 11 is 0. The van der Waals surface area contributed by atoms with E-state index in [2.05, 4.69) is 5.32 Å². The molecule has 2 aromatic carbocycles. The van der Waals surface area contributed by atoms with Crippen molar-refractivity contribution in [1.29, 1.82) is 0 Å². The van der Waals surface area contributed by atoms with E-state index in [1.165, 1.54) is 5.56 Å². The molecule has 1 saturated heterocycles. The Hall–Kier alpha value is -2.86. The standard InChI is InChI=1S/C21H24N2O4/c24-20(22-11-10-17-6-2-1-3-7-17)16-27-19-9-5-4-8-18(19)21(25)23-12-14-26-15-13-23/h1-9H,10-16H2,(H,22,24). The van der Waals surface area contributed by atoms with Gasteiger partial charge in [0.05, 0.1) is 18.8 Å².